The lowest BCUT2D eigenvalue weighted by Crippen LogP contribution is -2.35. The van der Waals surface area contributed by atoms with Gasteiger partial charge in [-0.1, -0.05) is 0 Å². The van der Waals surface area contributed by atoms with Gasteiger partial charge in [0.2, 0.25) is 5.91 Å². The summed E-state index contributed by atoms with van der Waals surface area (Å²) in [7, 11) is 1.56. The van der Waals surface area contributed by atoms with Gasteiger partial charge in [0.05, 0.1) is 30.7 Å². The van der Waals surface area contributed by atoms with Crippen LogP contribution in [0, 0.1) is 0 Å². The largest absolute Gasteiger partial charge is 0.490 e. The molecule has 34 heavy (non-hydrogen) atoms. The average molecular weight is 465 g/mol. The molecule has 1 aromatic heterocycles. The third-order valence-corrected chi connectivity index (χ3v) is 5.62. The van der Waals surface area contributed by atoms with Crippen molar-refractivity contribution in [1.82, 2.24) is 14.5 Å². The number of fused-ring (bicyclic) bond motifs is 2. The minimum atomic E-state index is -0.350. The van der Waals surface area contributed by atoms with E-state index in [1.54, 1.807) is 48.0 Å². The SMILES string of the molecule is CCOc1ccc(NC(=O)CN(C)C(=O)c2ccc3c(=O)n4c(nc3c2)CCC4)cc1OCC. The Kier molecular flexibility index (Phi) is 6.81. The summed E-state index contributed by atoms with van der Waals surface area (Å²) in [5.41, 5.74) is 1.34. The van der Waals surface area contributed by atoms with Gasteiger partial charge >= 0.3 is 0 Å². The molecule has 1 aliphatic rings. The second kappa shape index (κ2) is 9.94. The molecule has 1 aliphatic heterocycles. The Labute approximate surface area is 197 Å². The molecule has 4 rings (SSSR count). The summed E-state index contributed by atoms with van der Waals surface area (Å²) < 4.78 is 12.8. The topological polar surface area (TPSA) is 103 Å². The number of nitrogens with one attached hydrogen (secondary N) is 1. The van der Waals surface area contributed by atoms with E-state index in [1.165, 1.54) is 4.90 Å². The summed E-state index contributed by atoms with van der Waals surface area (Å²) in [4.78, 5) is 44.1. The van der Waals surface area contributed by atoms with Crippen molar-refractivity contribution in [2.75, 3.05) is 32.1 Å². The quantitative estimate of drug-likeness (QED) is 0.550. The number of rotatable bonds is 8. The lowest BCUT2D eigenvalue weighted by molar-refractivity contribution is -0.116. The molecule has 1 N–H and O–H groups in total. The molecule has 0 spiro atoms. The highest BCUT2D eigenvalue weighted by molar-refractivity contribution is 6.01. The monoisotopic (exact) mass is 464 g/mol. The van der Waals surface area contributed by atoms with Gasteiger partial charge in [0.15, 0.2) is 11.5 Å². The molecule has 0 fully saturated rings. The van der Waals surface area contributed by atoms with Crippen molar-refractivity contribution in [2.24, 2.45) is 0 Å². The van der Waals surface area contributed by atoms with Crippen LogP contribution in [0.4, 0.5) is 5.69 Å². The number of hydrogen-bond acceptors (Lipinski definition) is 6. The first-order valence-electron chi connectivity index (χ1n) is 11.4. The molecule has 178 valence electrons. The molecule has 0 unspecified atom stereocenters. The Morgan fingerprint density at radius 2 is 1.85 bits per heavy atom. The zero-order valence-electron chi connectivity index (χ0n) is 19.6. The van der Waals surface area contributed by atoms with E-state index in [4.69, 9.17) is 9.47 Å². The Bertz CT molecular complexity index is 1300. The van der Waals surface area contributed by atoms with Crippen LogP contribution in [0.3, 0.4) is 0 Å². The second-order valence-electron chi connectivity index (χ2n) is 8.06. The zero-order valence-corrected chi connectivity index (χ0v) is 19.6. The minimum absolute atomic E-state index is 0.0778. The van der Waals surface area contributed by atoms with Gasteiger partial charge in [-0.25, -0.2) is 4.98 Å². The average Bonchev–Trinajstić information content (AvgIpc) is 3.29. The van der Waals surface area contributed by atoms with Crippen molar-refractivity contribution in [3.8, 4) is 11.5 Å². The van der Waals surface area contributed by atoms with E-state index in [0.29, 0.717) is 53.4 Å². The molecule has 0 saturated carbocycles. The van der Waals surface area contributed by atoms with Crippen LogP contribution in [-0.4, -0.2) is 53.1 Å². The normalized spacial score (nSPS) is 12.3. The standard InChI is InChI=1S/C25H28N4O5/c1-4-33-20-11-9-17(14-21(20)34-5-2)26-23(30)15-28(3)24(31)16-8-10-18-19(13-16)27-22-7-6-12-29(22)25(18)32/h8-11,13-14H,4-7,12,15H2,1-3H3,(H,26,30). The number of ether oxygens (including phenoxy) is 2. The molecule has 0 atom stereocenters. The van der Waals surface area contributed by atoms with Crippen LogP contribution in [0.2, 0.25) is 0 Å². The number of aryl methyl sites for hydroxylation is 1. The number of aromatic nitrogens is 2. The second-order valence-corrected chi connectivity index (χ2v) is 8.06. The summed E-state index contributed by atoms with van der Waals surface area (Å²) >= 11 is 0. The van der Waals surface area contributed by atoms with Gasteiger partial charge in [0.25, 0.3) is 11.5 Å². The van der Waals surface area contributed by atoms with Crippen LogP contribution < -0.4 is 20.3 Å². The van der Waals surface area contributed by atoms with E-state index >= 15 is 0 Å². The maximum Gasteiger partial charge on any atom is 0.261 e. The predicted octanol–water partition coefficient (Wildman–Crippen LogP) is 2.85. The van der Waals surface area contributed by atoms with Gasteiger partial charge in [0.1, 0.15) is 5.82 Å². The maximum absolute atomic E-state index is 12.9. The first kappa shape index (κ1) is 23.3. The van der Waals surface area contributed by atoms with Gasteiger partial charge in [-0.05, 0) is 50.6 Å². The Balaban J connectivity index is 1.46. The third kappa shape index (κ3) is 4.73. The number of amides is 2. The van der Waals surface area contributed by atoms with E-state index in [9.17, 15) is 14.4 Å². The molecule has 9 nitrogen and oxygen atoms in total. The number of carbonyl (C=O) groups is 2. The summed E-state index contributed by atoms with van der Waals surface area (Å²) in [5, 5.41) is 3.28. The summed E-state index contributed by atoms with van der Waals surface area (Å²) in [6.45, 7) is 5.25. The van der Waals surface area contributed by atoms with Crippen LogP contribution >= 0.6 is 0 Å². The van der Waals surface area contributed by atoms with E-state index < -0.39 is 0 Å². The molecular formula is C25H28N4O5. The maximum atomic E-state index is 12.9. The molecular weight excluding hydrogens is 436 g/mol. The van der Waals surface area contributed by atoms with Gasteiger partial charge in [-0.15, -0.1) is 0 Å². The van der Waals surface area contributed by atoms with E-state index in [0.717, 1.165) is 18.7 Å². The molecule has 2 amide bonds. The molecule has 3 aromatic rings. The van der Waals surface area contributed by atoms with Gasteiger partial charge in [0, 0.05) is 37.3 Å². The number of benzene rings is 2. The highest BCUT2D eigenvalue weighted by atomic mass is 16.5. The summed E-state index contributed by atoms with van der Waals surface area (Å²) in [5.74, 6) is 1.21. The smallest absolute Gasteiger partial charge is 0.261 e. The van der Waals surface area contributed by atoms with Crippen LogP contribution in [-0.2, 0) is 17.8 Å². The molecule has 0 aliphatic carbocycles. The van der Waals surface area contributed by atoms with Crippen molar-refractivity contribution in [3.05, 3.63) is 58.1 Å². The Hall–Kier alpha value is -3.88. The zero-order chi connectivity index (χ0) is 24.2. The molecule has 9 heteroatoms. The summed E-state index contributed by atoms with van der Waals surface area (Å²) in [6, 6.07) is 10.0. The molecule has 0 bridgehead atoms. The van der Waals surface area contributed by atoms with Crippen LogP contribution in [0.25, 0.3) is 10.9 Å². The number of carbonyl (C=O) groups excluding carboxylic acids is 2. The number of hydrogen-bond donors (Lipinski definition) is 1. The van der Waals surface area contributed by atoms with Crippen LogP contribution in [0.1, 0.15) is 36.5 Å². The molecule has 0 radical (unpaired) electrons. The first-order valence-corrected chi connectivity index (χ1v) is 11.4. The molecule has 0 saturated heterocycles. The Morgan fingerprint density at radius 1 is 1.09 bits per heavy atom. The number of anilines is 1. The minimum Gasteiger partial charge on any atom is -0.490 e. The van der Waals surface area contributed by atoms with Gasteiger partial charge in [-0.2, -0.15) is 0 Å². The van der Waals surface area contributed by atoms with Crippen molar-refractivity contribution in [2.45, 2.75) is 33.2 Å². The molecule has 2 heterocycles. The third-order valence-electron chi connectivity index (χ3n) is 5.62. The first-order chi connectivity index (χ1) is 16.4. The Morgan fingerprint density at radius 3 is 2.62 bits per heavy atom. The van der Waals surface area contributed by atoms with Crippen molar-refractivity contribution >= 4 is 28.4 Å². The molecule has 2 aromatic carbocycles. The van der Waals surface area contributed by atoms with E-state index in [2.05, 4.69) is 10.3 Å². The van der Waals surface area contributed by atoms with Gasteiger partial charge in [-0.3, -0.25) is 19.0 Å². The van der Waals surface area contributed by atoms with Crippen LogP contribution in [0.15, 0.2) is 41.2 Å². The van der Waals surface area contributed by atoms with Crippen LogP contribution in [0.5, 0.6) is 11.5 Å². The number of likely N-dealkylation sites (N-methyl/N-ethyl adjacent to an activating group) is 1. The highest BCUT2D eigenvalue weighted by Gasteiger charge is 2.19. The van der Waals surface area contributed by atoms with Crippen molar-refractivity contribution in [3.63, 3.8) is 0 Å². The number of nitrogens with zero attached hydrogens (tertiary/aromatic N) is 3. The lowest BCUT2D eigenvalue weighted by atomic mass is 10.1. The fraction of sp³-hybridized carbons (Fsp3) is 0.360. The fourth-order valence-corrected chi connectivity index (χ4v) is 4.05. The highest BCUT2D eigenvalue weighted by Crippen LogP contribution is 2.30. The lowest BCUT2D eigenvalue weighted by Gasteiger charge is -2.18. The van der Waals surface area contributed by atoms with E-state index in [-0.39, 0.29) is 23.9 Å². The summed E-state index contributed by atoms with van der Waals surface area (Å²) in [6.07, 6.45) is 1.64. The van der Waals surface area contributed by atoms with Crippen molar-refractivity contribution < 1.29 is 19.1 Å². The fourth-order valence-electron chi connectivity index (χ4n) is 4.05. The predicted molar refractivity (Wildman–Crippen MR) is 129 cm³/mol. The van der Waals surface area contributed by atoms with Gasteiger partial charge < -0.3 is 19.7 Å². The van der Waals surface area contributed by atoms with E-state index in [1.807, 2.05) is 13.8 Å². The van der Waals surface area contributed by atoms with Crippen molar-refractivity contribution in [1.29, 1.82) is 0 Å².